The van der Waals surface area contributed by atoms with Crippen LogP contribution in [0.2, 0.25) is 0 Å². The predicted molar refractivity (Wildman–Crippen MR) is 138 cm³/mol. The normalized spacial score (nSPS) is 17.4. The molecule has 2 fully saturated rings. The monoisotopic (exact) mass is 500 g/mol. The maximum atomic E-state index is 12.9. The van der Waals surface area contributed by atoms with E-state index in [1.807, 2.05) is 40.8 Å². The highest BCUT2D eigenvalue weighted by molar-refractivity contribution is 5.84. The molecule has 0 aliphatic carbocycles. The zero-order valence-corrected chi connectivity index (χ0v) is 20.8. The van der Waals surface area contributed by atoms with Gasteiger partial charge in [0.2, 0.25) is 5.95 Å². The molecular formula is C26H28N8O3. The average molecular weight is 501 g/mol. The number of nitrogens with zero attached hydrogens (tertiary/aromatic N) is 7. The van der Waals surface area contributed by atoms with Crippen molar-refractivity contribution in [3.8, 4) is 11.1 Å². The van der Waals surface area contributed by atoms with Crippen LogP contribution in [0.25, 0.3) is 22.0 Å². The van der Waals surface area contributed by atoms with E-state index in [0.717, 1.165) is 27.9 Å². The second kappa shape index (κ2) is 9.00. The van der Waals surface area contributed by atoms with Crippen LogP contribution in [0.3, 0.4) is 0 Å². The number of aryl methyl sites for hydroxylation is 1. The first kappa shape index (κ1) is 23.2. The summed E-state index contributed by atoms with van der Waals surface area (Å²) < 4.78 is 3.51. The number of aliphatic hydroxyl groups excluding tert-OH is 1. The molecule has 11 nitrogen and oxygen atoms in total. The van der Waals surface area contributed by atoms with Gasteiger partial charge in [-0.15, -0.1) is 0 Å². The fourth-order valence-electron chi connectivity index (χ4n) is 5.17. The average Bonchev–Trinajstić information content (AvgIpc) is 3.41. The number of fused-ring (bicyclic) bond motifs is 2. The third-order valence-corrected chi connectivity index (χ3v) is 7.37. The van der Waals surface area contributed by atoms with Crippen molar-refractivity contribution in [1.82, 2.24) is 34.5 Å². The van der Waals surface area contributed by atoms with Crippen LogP contribution < -0.4 is 15.8 Å². The van der Waals surface area contributed by atoms with Crippen LogP contribution >= 0.6 is 0 Å². The van der Waals surface area contributed by atoms with Crippen LogP contribution in [-0.4, -0.2) is 72.6 Å². The topological polar surface area (TPSA) is 121 Å². The summed E-state index contributed by atoms with van der Waals surface area (Å²) in [5.41, 5.74) is 4.85. The van der Waals surface area contributed by atoms with Gasteiger partial charge < -0.3 is 20.2 Å². The van der Waals surface area contributed by atoms with Crippen LogP contribution in [0, 0.1) is 6.92 Å². The molecule has 37 heavy (non-hydrogen) atoms. The Morgan fingerprint density at radius 1 is 1.08 bits per heavy atom. The first-order valence-electron chi connectivity index (χ1n) is 12.3. The van der Waals surface area contributed by atoms with E-state index < -0.39 is 0 Å². The highest BCUT2D eigenvalue weighted by Gasteiger charge is 2.36. The van der Waals surface area contributed by atoms with E-state index in [4.69, 9.17) is 0 Å². The Bertz CT molecular complexity index is 1560. The number of rotatable bonds is 5. The fraction of sp³-hybridized carbons (Fsp3) is 0.346. The van der Waals surface area contributed by atoms with Crippen LogP contribution in [0.1, 0.15) is 17.0 Å². The van der Waals surface area contributed by atoms with E-state index in [-0.39, 0.29) is 24.2 Å². The van der Waals surface area contributed by atoms with Gasteiger partial charge in [-0.3, -0.25) is 19.1 Å². The van der Waals surface area contributed by atoms with Crippen LogP contribution in [0.15, 0.2) is 47.5 Å². The summed E-state index contributed by atoms with van der Waals surface area (Å²) in [5.74, 6) is 0.644. The fourth-order valence-corrected chi connectivity index (χ4v) is 5.17. The molecule has 1 aromatic carbocycles. The molecule has 2 aliphatic heterocycles. The molecule has 1 atom stereocenters. The molecule has 3 aromatic heterocycles. The minimum atomic E-state index is -0.135. The molecule has 2 saturated heterocycles. The van der Waals surface area contributed by atoms with Gasteiger partial charge in [-0.2, -0.15) is 0 Å². The highest BCUT2D eigenvalue weighted by atomic mass is 16.3. The molecule has 0 bridgehead atoms. The molecular weight excluding hydrogens is 472 g/mol. The minimum absolute atomic E-state index is 0.00254. The number of hydrogen-bond donors (Lipinski definition) is 2. The second-order valence-corrected chi connectivity index (χ2v) is 9.59. The Balaban J connectivity index is 1.30. The van der Waals surface area contributed by atoms with Gasteiger partial charge in [0.15, 0.2) is 0 Å². The number of pyridine rings is 1. The van der Waals surface area contributed by atoms with E-state index in [1.54, 1.807) is 30.2 Å². The summed E-state index contributed by atoms with van der Waals surface area (Å²) in [6, 6.07) is 9.61. The summed E-state index contributed by atoms with van der Waals surface area (Å²) in [4.78, 5) is 42.6. The first-order valence-corrected chi connectivity index (χ1v) is 12.3. The van der Waals surface area contributed by atoms with Crippen LogP contribution in [0.4, 0.5) is 10.7 Å². The van der Waals surface area contributed by atoms with Gasteiger partial charge in [0.25, 0.3) is 5.56 Å². The van der Waals surface area contributed by atoms with Crippen molar-refractivity contribution in [2.45, 2.75) is 26.1 Å². The van der Waals surface area contributed by atoms with Crippen molar-refractivity contribution in [2.75, 3.05) is 31.1 Å². The van der Waals surface area contributed by atoms with Gasteiger partial charge in [0.1, 0.15) is 0 Å². The molecule has 6 rings (SSSR count). The number of piperazine rings is 1. The Kier molecular flexibility index (Phi) is 5.64. The Hall–Kier alpha value is -4.25. The third-order valence-electron chi connectivity index (χ3n) is 7.37. The quantitative estimate of drug-likeness (QED) is 0.423. The number of nitrogens with one attached hydrogen (secondary N) is 1. The van der Waals surface area contributed by atoms with Gasteiger partial charge in [0, 0.05) is 51.2 Å². The van der Waals surface area contributed by atoms with E-state index in [2.05, 4.69) is 25.2 Å². The lowest BCUT2D eigenvalue weighted by Gasteiger charge is -2.36. The smallest absolute Gasteiger partial charge is 0.317 e. The molecule has 4 aromatic rings. The number of hydrogen-bond acceptors (Lipinski definition) is 7. The number of amides is 2. The maximum Gasteiger partial charge on any atom is 0.317 e. The number of benzene rings is 1. The lowest BCUT2D eigenvalue weighted by molar-refractivity contribution is 0.197. The molecule has 0 saturated carbocycles. The molecule has 2 amide bonds. The number of urea groups is 1. The third kappa shape index (κ3) is 4.01. The highest BCUT2D eigenvalue weighted by Crippen LogP contribution is 2.25. The van der Waals surface area contributed by atoms with Gasteiger partial charge in [-0.1, -0.05) is 12.1 Å². The van der Waals surface area contributed by atoms with Crippen LogP contribution in [-0.2, 0) is 20.2 Å². The van der Waals surface area contributed by atoms with E-state index in [9.17, 15) is 14.7 Å². The van der Waals surface area contributed by atoms with Crippen molar-refractivity contribution < 1.29 is 9.90 Å². The van der Waals surface area contributed by atoms with Crippen molar-refractivity contribution in [3.05, 3.63) is 70.0 Å². The zero-order chi connectivity index (χ0) is 25.7. The van der Waals surface area contributed by atoms with Gasteiger partial charge in [-0.25, -0.2) is 14.8 Å². The molecule has 0 unspecified atom stereocenters. The molecule has 2 aliphatic rings. The first-order chi connectivity index (χ1) is 17.9. The number of carbonyl (C=O) groups is 1. The summed E-state index contributed by atoms with van der Waals surface area (Å²) >= 11 is 0. The predicted octanol–water partition coefficient (Wildman–Crippen LogP) is 1.25. The molecule has 2 N–H and O–H groups in total. The van der Waals surface area contributed by atoms with Gasteiger partial charge >= 0.3 is 6.03 Å². The SMILES string of the molecule is Cc1ccc(CO)nc1Cn1c2cc(-c3cnc(N4CCN5C(=O)NC[C@@H]5C4)nc3)ccc2c(=O)n1C. The summed E-state index contributed by atoms with van der Waals surface area (Å²) in [6.07, 6.45) is 3.60. The summed E-state index contributed by atoms with van der Waals surface area (Å²) in [6.45, 7) is 4.92. The minimum Gasteiger partial charge on any atom is -0.390 e. The summed E-state index contributed by atoms with van der Waals surface area (Å²) in [5, 5.41) is 13.0. The van der Waals surface area contributed by atoms with Crippen LogP contribution in [0.5, 0.6) is 0 Å². The molecule has 5 heterocycles. The number of aliphatic hydroxyl groups is 1. The number of carbonyl (C=O) groups excluding carboxylic acids is 1. The molecule has 0 spiro atoms. The lowest BCUT2D eigenvalue weighted by Crippen LogP contribution is -2.52. The Labute approximate surface area is 213 Å². The molecule has 190 valence electrons. The number of anilines is 1. The molecule has 0 radical (unpaired) electrons. The van der Waals surface area contributed by atoms with Crippen molar-refractivity contribution >= 4 is 22.9 Å². The zero-order valence-electron chi connectivity index (χ0n) is 20.8. The second-order valence-electron chi connectivity index (χ2n) is 9.59. The van der Waals surface area contributed by atoms with Gasteiger partial charge in [-0.05, 0) is 36.2 Å². The Morgan fingerprint density at radius 3 is 2.68 bits per heavy atom. The van der Waals surface area contributed by atoms with E-state index in [0.29, 0.717) is 49.8 Å². The van der Waals surface area contributed by atoms with Gasteiger partial charge in [0.05, 0.1) is 41.5 Å². The largest absolute Gasteiger partial charge is 0.390 e. The van der Waals surface area contributed by atoms with E-state index >= 15 is 0 Å². The van der Waals surface area contributed by atoms with Crippen molar-refractivity contribution in [1.29, 1.82) is 0 Å². The standard InChI is InChI=1S/C26H28N8O3/c1-16-3-5-19(15-35)30-22(16)14-34-23-9-17(4-6-21(23)24(36)31(34)2)18-10-27-25(28-11-18)32-7-8-33-20(13-32)12-29-26(33)37/h3-6,9-11,20,35H,7-8,12-15H2,1-2H3,(H,29,37)/t20-/m1/s1. The van der Waals surface area contributed by atoms with Crippen molar-refractivity contribution in [3.63, 3.8) is 0 Å². The van der Waals surface area contributed by atoms with E-state index in [1.165, 1.54) is 0 Å². The summed E-state index contributed by atoms with van der Waals surface area (Å²) in [7, 11) is 1.75. The molecule has 11 heteroatoms. The lowest BCUT2D eigenvalue weighted by atomic mass is 10.1. The number of aromatic nitrogens is 5. The van der Waals surface area contributed by atoms with Crippen molar-refractivity contribution in [2.24, 2.45) is 7.05 Å². The Morgan fingerprint density at radius 2 is 1.89 bits per heavy atom. The maximum absolute atomic E-state index is 12.9.